The number of ether oxygens (including phenoxy) is 1. The highest BCUT2D eigenvalue weighted by Crippen LogP contribution is 2.12. The Kier molecular flexibility index (Phi) is 7.81. The van der Waals surface area contributed by atoms with Gasteiger partial charge in [-0.2, -0.15) is 0 Å². The molecule has 1 amide bonds. The fraction of sp³-hybridized carbons (Fsp3) is 0.500. The van der Waals surface area contributed by atoms with Gasteiger partial charge in [-0.1, -0.05) is 25.5 Å². The van der Waals surface area contributed by atoms with Crippen LogP contribution in [0.15, 0.2) is 29.3 Å². The second-order valence-electron chi connectivity index (χ2n) is 5.11. The highest BCUT2D eigenvalue weighted by Gasteiger charge is 2.13. The molecule has 0 aliphatic rings. The maximum absolute atomic E-state index is 11.2. The fourth-order valence-corrected chi connectivity index (χ4v) is 2.07. The lowest BCUT2D eigenvalue weighted by atomic mass is 10.1. The van der Waals surface area contributed by atoms with Crippen molar-refractivity contribution >= 4 is 11.9 Å². The van der Waals surface area contributed by atoms with Gasteiger partial charge in [0, 0.05) is 6.54 Å². The summed E-state index contributed by atoms with van der Waals surface area (Å²) in [7, 11) is 1.65. The number of primary amides is 1. The van der Waals surface area contributed by atoms with Gasteiger partial charge in [0.1, 0.15) is 11.8 Å². The number of aryl methyl sites for hydroxylation is 1. The van der Waals surface area contributed by atoms with Crippen LogP contribution in [0, 0.1) is 0 Å². The highest BCUT2D eigenvalue weighted by atomic mass is 16.5. The van der Waals surface area contributed by atoms with Crippen molar-refractivity contribution in [3.63, 3.8) is 0 Å². The standard InChI is InChI=1S/C16H26N4O2/c1-3-5-14(15(17)21)20-16(18)19-11-4-6-12-7-9-13(22-2)10-8-12/h7-10,14H,3-6,11H2,1-2H3,(H2,17,21)(H3,18,19,20)/t14-/m1/s1. The number of carbonyl (C=O) groups excluding carboxylic acids is 1. The number of hydrogen-bond acceptors (Lipinski definition) is 3. The number of amides is 1. The Hall–Kier alpha value is -2.24. The Balaban J connectivity index is 2.35. The van der Waals surface area contributed by atoms with Crippen molar-refractivity contribution in [2.45, 2.75) is 38.6 Å². The molecule has 0 unspecified atom stereocenters. The zero-order valence-corrected chi connectivity index (χ0v) is 13.3. The molecule has 122 valence electrons. The monoisotopic (exact) mass is 306 g/mol. The van der Waals surface area contributed by atoms with Gasteiger partial charge < -0.3 is 21.5 Å². The topological polar surface area (TPSA) is 103 Å². The SMILES string of the molecule is CCC[C@@H](NC(N)=NCCCc1ccc(OC)cc1)C(N)=O. The van der Waals surface area contributed by atoms with Gasteiger partial charge in [-0.25, -0.2) is 0 Å². The lowest BCUT2D eigenvalue weighted by Crippen LogP contribution is -2.47. The summed E-state index contributed by atoms with van der Waals surface area (Å²) in [5, 5.41) is 2.87. The van der Waals surface area contributed by atoms with Gasteiger partial charge >= 0.3 is 0 Å². The number of methoxy groups -OCH3 is 1. The van der Waals surface area contributed by atoms with Gasteiger partial charge in [-0.05, 0) is 37.0 Å². The minimum Gasteiger partial charge on any atom is -0.497 e. The van der Waals surface area contributed by atoms with E-state index in [0.29, 0.717) is 13.0 Å². The molecular formula is C16H26N4O2. The van der Waals surface area contributed by atoms with E-state index in [1.807, 2.05) is 31.2 Å². The van der Waals surface area contributed by atoms with E-state index in [1.165, 1.54) is 5.56 Å². The van der Waals surface area contributed by atoms with Crippen LogP contribution in [0.2, 0.25) is 0 Å². The van der Waals surface area contributed by atoms with E-state index in [1.54, 1.807) is 7.11 Å². The Labute approximate surface area is 131 Å². The van der Waals surface area contributed by atoms with Gasteiger partial charge in [0.2, 0.25) is 5.91 Å². The molecule has 1 atom stereocenters. The van der Waals surface area contributed by atoms with Crippen molar-refractivity contribution < 1.29 is 9.53 Å². The molecule has 0 aliphatic carbocycles. The summed E-state index contributed by atoms with van der Waals surface area (Å²) >= 11 is 0. The third-order valence-corrected chi connectivity index (χ3v) is 3.31. The lowest BCUT2D eigenvalue weighted by molar-refractivity contribution is -0.119. The van der Waals surface area contributed by atoms with Crippen LogP contribution in [0.5, 0.6) is 5.75 Å². The molecule has 1 aromatic rings. The van der Waals surface area contributed by atoms with E-state index in [0.717, 1.165) is 25.0 Å². The van der Waals surface area contributed by atoms with E-state index in [-0.39, 0.29) is 5.96 Å². The normalized spacial score (nSPS) is 12.7. The van der Waals surface area contributed by atoms with Gasteiger partial charge in [0.15, 0.2) is 5.96 Å². The molecule has 6 nitrogen and oxygen atoms in total. The summed E-state index contributed by atoms with van der Waals surface area (Å²) in [6, 6.07) is 7.51. The Morgan fingerprint density at radius 2 is 2.00 bits per heavy atom. The van der Waals surface area contributed by atoms with Gasteiger partial charge in [-0.3, -0.25) is 9.79 Å². The molecule has 0 bridgehead atoms. The first kappa shape index (κ1) is 17.8. The van der Waals surface area contributed by atoms with E-state index in [9.17, 15) is 4.79 Å². The van der Waals surface area contributed by atoms with Crippen LogP contribution in [0.1, 0.15) is 31.7 Å². The van der Waals surface area contributed by atoms with Crippen molar-refractivity contribution in [2.75, 3.05) is 13.7 Å². The Morgan fingerprint density at radius 1 is 1.32 bits per heavy atom. The molecule has 0 saturated heterocycles. The smallest absolute Gasteiger partial charge is 0.240 e. The van der Waals surface area contributed by atoms with Gasteiger partial charge in [0.05, 0.1) is 7.11 Å². The number of nitrogens with zero attached hydrogens (tertiary/aromatic N) is 1. The molecule has 0 radical (unpaired) electrons. The van der Waals surface area contributed by atoms with E-state index >= 15 is 0 Å². The van der Waals surface area contributed by atoms with Crippen molar-refractivity contribution in [3.05, 3.63) is 29.8 Å². The quantitative estimate of drug-likeness (QED) is 0.362. The van der Waals surface area contributed by atoms with Crippen molar-refractivity contribution in [3.8, 4) is 5.75 Å². The number of aliphatic imine (C=N–C) groups is 1. The molecule has 1 aromatic carbocycles. The Morgan fingerprint density at radius 3 is 2.55 bits per heavy atom. The summed E-state index contributed by atoms with van der Waals surface area (Å²) in [6.07, 6.45) is 3.29. The lowest BCUT2D eigenvalue weighted by Gasteiger charge is -2.14. The predicted octanol–water partition coefficient (Wildman–Crippen LogP) is 1.19. The molecule has 0 aromatic heterocycles. The maximum Gasteiger partial charge on any atom is 0.240 e. The predicted molar refractivity (Wildman–Crippen MR) is 88.8 cm³/mol. The van der Waals surface area contributed by atoms with Crippen molar-refractivity contribution in [1.29, 1.82) is 0 Å². The van der Waals surface area contributed by atoms with Crippen molar-refractivity contribution in [1.82, 2.24) is 5.32 Å². The van der Waals surface area contributed by atoms with Crippen LogP contribution in [-0.4, -0.2) is 31.6 Å². The minimum absolute atomic E-state index is 0.270. The molecule has 0 spiro atoms. The summed E-state index contributed by atoms with van der Waals surface area (Å²) in [4.78, 5) is 15.5. The summed E-state index contributed by atoms with van der Waals surface area (Å²) in [5.74, 6) is 0.717. The first-order valence-corrected chi connectivity index (χ1v) is 7.55. The number of guanidine groups is 1. The number of benzene rings is 1. The molecule has 0 saturated carbocycles. The summed E-state index contributed by atoms with van der Waals surface area (Å²) in [6.45, 7) is 2.59. The fourth-order valence-electron chi connectivity index (χ4n) is 2.07. The third-order valence-electron chi connectivity index (χ3n) is 3.31. The molecule has 5 N–H and O–H groups in total. The van der Waals surface area contributed by atoms with Crippen LogP contribution in [0.4, 0.5) is 0 Å². The van der Waals surface area contributed by atoms with Crippen LogP contribution in [0.3, 0.4) is 0 Å². The number of carbonyl (C=O) groups is 1. The average molecular weight is 306 g/mol. The van der Waals surface area contributed by atoms with Crippen LogP contribution >= 0.6 is 0 Å². The Bertz CT molecular complexity index is 485. The zero-order valence-electron chi connectivity index (χ0n) is 13.3. The molecular weight excluding hydrogens is 280 g/mol. The summed E-state index contributed by atoms with van der Waals surface area (Å²) in [5.41, 5.74) is 12.3. The minimum atomic E-state index is -0.449. The second kappa shape index (κ2) is 9.65. The molecule has 0 heterocycles. The van der Waals surface area contributed by atoms with E-state index in [2.05, 4.69) is 10.3 Å². The first-order valence-electron chi connectivity index (χ1n) is 7.55. The van der Waals surface area contributed by atoms with Crippen molar-refractivity contribution in [2.24, 2.45) is 16.5 Å². The number of hydrogen-bond donors (Lipinski definition) is 3. The molecule has 0 fully saturated rings. The molecule has 1 rings (SSSR count). The second-order valence-corrected chi connectivity index (χ2v) is 5.11. The van der Waals surface area contributed by atoms with Gasteiger partial charge in [-0.15, -0.1) is 0 Å². The number of nitrogens with one attached hydrogen (secondary N) is 1. The molecule has 6 heteroatoms. The maximum atomic E-state index is 11.2. The van der Waals surface area contributed by atoms with Crippen LogP contribution in [0.25, 0.3) is 0 Å². The number of rotatable bonds is 9. The van der Waals surface area contributed by atoms with Crippen LogP contribution < -0.4 is 21.5 Å². The number of nitrogens with two attached hydrogens (primary N) is 2. The molecule has 0 aliphatic heterocycles. The summed E-state index contributed by atoms with van der Waals surface area (Å²) < 4.78 is 5.12. The zero-order chi connectivity index (χ0) is 16.4. The average Bonchev–Trinajstić information content (AvgIpc) is 2.51. The third kappa shape index (κ3) is 6.47. The van der Waals surface area contributed by atoms with E-state index < -0.39 is 11.9 Å². The highest BCUT2D eigenvalue weighted by molar-refractivity contribution is 5.87. The van der Waals surface area contributed by atoms with Gasteiger partial charge in [0.25, 0.3) is 0 Å². The van der Waals surface area contributed by atoms with Crippen LogP contribution in [-0.2, 0) is 11.2 Å². The first-order chi connectivity index (χ1) is 10.6. The molecule has 22 heavy (non-hydrogen) atoms. The largest absolute Gasteiger partial charge is 0.497 e. The van der Waals surface area contributed by atoms with E-state index in [4.69, 9.17) is 16.2 Å².